The number of benzene rings is 1. The van der Waals surface area contributed by atoms with Gasteiger partial charge in [-0.3, -0.25) is 4.79 Å². The minimum Gasteiger partial charge on any atom is -0.411 e. The third-order valence-electron chi connectivity index (χ3n) is 3.75. The van der Waals surface area contributed by atoms with Gasteiger partial charge in [0.15, 0.2) is 5.82 Å². The van der Waals surface area contributed by atoms with Gasteiger partial charge in [0, 0.05) is 23.2 Å². The summed E-state index contributed by atoms with van der Waals surface area (Å²) in [4.78, 5) is 15.4. The molecular formula is C17H15N5O3S. The smallest absolute Gasteiger partial charge is 0.277 e. The summed E-state index contributed by atoms with van der Waals surface area (Å²) >= 11 is 1.18. The van der Waals surface area contributed by atoms with Gasteiger partial charge in [-0.05, 0) is 19.9 Å². The number of hydrogen-bond donors (Lipinski definition) is 2. The van der Waals surface area contributed by atoms with Crippen LogP contribution in [0.5, 0.6) is 0 Å². The Morgan fingerprint density at radius 1 is 1.31 bits per heavy atom. The number of thioether (sulfide) groups is 1. The van der Waals surface area contributed by atoms with Gasteiger partial charge in [0.05, 0.1) is 10.8 Å². The van der Waals surface area contributed by atoms with Crippen LogP contribution in [0, 0.1) is 6.92 Å². The Balaban J connectivity index is 1.47. The highest BCUT2D eigenvalue weighted by molar-refractivity contribution is 8.00. The molecule has 0 radical (unpaired) electrons. The number of nitrogens with zero attached hydrogens (tertiary/aromatic N) is 3. The predicted octanol–water partition coefficient (Wildman–Crippen LogP) is 3.63. The van der Waals surface area contributed by atoms with Crippen molar-refractivity contribution in [2.45, 2.75) is 24.3 Å². The summed E-state index contributed by atoms with van der Waals surface area (Å²) in [6.07, 6.45) is 1.83. The average Bonchev–Trinajstić information content (AvgIpc) is 3.34. The van der Waals surface area contributed by atoms with Crippen molar-refractivity contribution in [3.05, 3.63) is 42.3 Å². The number of hydrogen-bond acceptors (Lipinski definition) is 7. The van der Waals surface area contributed by atoms with Crippen molar-refractivity contribution in [3.63, 3.8) is 0 Å². The summed E-state index contributed by atoms with van der Waals surface area (Å²) in [5.74, 6) is 1.19. The Bertz CT molecular complexity index is 1070. The van der Waals surface area contributed by atoms with E-state index in [2.05, 4.69) is 25.7 Å². The number of amides is 1. The molecule has 3 aromatic heterocycles. The lowest BCUT2D eigenvalue weighted by Crippen LogP contribution is -2.22. The maximum atomic E-state index is 12.2. The molecule has 8 nitrogen and oxygen atoms in total. The normalized spacial score (nSPS) is 12.4. The van der Waals surface area contributed by atoms with Gasteiger partial charge < -0.3 is 19.2 Å². The molecule has 1 amide bonds. The quantitative estimate of drug-likeness (QED) is 0.517. The van der Waals surface area contributed by atoms with E-state index in [1.807, 2.05) is 30.5 Å². The summed E-state index contributed by atoms with van der Waals surface area (Å²) in [6, 6.07) is 9.51. The van der Waals surface area contributed by atoms with Crippen LogP contribution in [0.15, 0.2) is 50.7 Å². The highest BCUT2D eigenvalue weighted by atomic mass is 32.2. The summed E-state index contributed by atoms with van der Waals surface area (Å²) in [5, 5.41) is 15.4. The van der Waals surface area contributed by atoms with Crippen molar-refractivity contribution >= 4 is 34.4 Å². The van der Waals surface area contributed by atoms with E-state index in [-0.39, 0.29) is 5.91 Å². The van der Waals surface area contributed by atoms with Crippen LogP contribution in [-0.2, 0) is 4.79 Å². The molecule has 0 aliphatic carbocycles. The Morgan fingerprint density at radius 2 is 2.15 bits per heavy atom. The lowest BCUT2D eigenvalue weighted by atomic mass is 10.2. The molecule has 2 N–H and O–H groups in total. The highest BCUT2D eigenvalue weighted by Gasteiger charge is 2.20. The first-order valence-electron chi connectivity index (χ1n) is 7.91. The van der Waals surface area contributed by atoms with Crippen LogP contribution in [0.3, 0.4) is 0 Å². The third kappa shape index (κ3) is 3.21. The topological polar surface area (TPSA) is 110 Å². The van der Waals surface area contributed by atoms with E-state index in [0.717, 1.165) is 16.5 Å². The van der Waals surface area contributed by atoms with Gasteiger partial charge in [0.1, 0.15) is 5.76 Å². The molecule has 132 valence electrons. The second kappa shape index (κ2) is 6.68. The largest absolute Gasteiger partial charge is 0.411 e. The van der Waals surface area contributed by atoms with Crippen LogP contribution >= 0.6 is 11.8 Å². The van der Waals surface area contributed by atoms with Gasteiger partial charge >= 0.3 is 0 Å². The molecule has 9 heteroatoms. The van der Waals surface area contributed by atoms with Gasteiger partial charge in [-0.15, -0.1) is 10.2 Å². The number of aryl methyl sites for hydroxylation is 1. The molecule has 0 bridgehead atoms. The van der Waals surface area contributed by atoms with Crippen LogP contribution < -0.4 is 5.32 Å². The van der Waals surface area contributed by atoms with E-state index in [9.17, 15) is 4.79 Å². The standard InChI is InChI=1S/C17H15N5O3S/c1-9-7-14(22-25-9)19-15(23)10(2)26-17-21-20-16(24-17)12-8-18-13-6-4-3-5-11(12)13/h3-8,10,18H,1-2H3,(H,19,22,23). The number of fused-ring (bicyclic) bond motifs is 1. The molecule has 0 aliphatic heterocycles. The van der Waals surface area contributed by atoms with Crippen LogP contribution in [0.25, 0.3) is 22.4 Å². The number of aromatic amines is 1. The molecule has 0 aliphatic rings. The van der Waals surface area contributed by atoms with Crippen molar-refractivity contribution in [2.75, 3.05) is 5.32 Å². The Hall–Kier alpha value is -3.07. The zero-order valence-electron chi connectivity index (χ0n) is 14.0. The van der Waals surface area contributed by atoms with Crippen molar-refractivity contribution in [1.82, 2.24) is 20.3 Å². The van der Waals surface area contributed by atoms with Gasteiger partial charge in [0.2, 0.25) is 5.91 Å². The molecule has 1 atom stereocenters. The van der Waals surface area contributed by atoms with Gasteiger partial charge in [-0.1, -0.05) is 35.1 Å². The van der Waals surface area contributed by atoms with E-state index < -0.39 is 5.25 Å². The maximum Gasteiger partial charge on any atom is 0.277 e. The molecule has 0 saturated carbocycles. The lowest BCUT2D eigenvalue weighted by molar-refractivity contribution is -0.115. The first-order chi connectivity index (χ1) is 12.6. The molecule has 1 unspecified atom stereocenters. The van der Waals surface area contributed by atoms with Gasteiger partial charge in [0.25, 0.3) is 11.1 Å². The van der Waals surface area contributed by atoms with Crippen LogP contribution in [-0.4, -0.2) is 31.5 Å². The number of carbonyl (C=O) groups is 1. The predicted molar refractivity (Wildman–Crippen MR) is 96.8 cm³/mol. The SMILES string of the molecule is Cc1cc(NC(=O)C(C)Sc2nnc(-c3c[nH]c4ccccc34)o2)no1. The fourth-order valence-electron chi connectivity index (χ4n) is 2.47. The second-order valence-electron chi connectivity index (χ2n) is 5.69. The second-order valence-corrected chi connectivity index (χ2v) is 6.99. The van der Waals surface area contributed by atoms with Crippen LogP contribution in [0.1, 0.15) is 12.7 Å². The third-order valence-corrected chi connectivity index (χ3v) is 4.69. The fourth-order valence-corrected chi connectivity index (χ4v) is 3.16. The Kier molecular flexibility index (Phi) is 4.21. The number of rotatable bonds is 5. The molecule has 0 saturated heterocycles. The minimum atomic E-state index is -0.441. The molecule has 1 aromatic carbocycles. The number of carbonyl (C=O) groups excluding carboxylic acids is 1. The lowest BCUT2D eigenvalue weighted by Gasteiger charge is -2.06. The summed E-state index contributed by atoms with van der Waals surface area (Å²) in [6.45, 7) is 3.51. The summed E-state index contributed by atoms with van der Waals surface area (Å²) < 4.78 is 10.6. The average molecular weight is 369 g/mol. The number of H-pyrrole nitrogens is 1. The van der Waals surface area contributed by atoms with Crippen LogP contribution in [0.2, 0.25) is 0 Å². The van der Waals surface area contributed by atoms with E-state index in [0.29, 0.717) is 22.7 Å². The fraction of sp³-hybridized carbons (Fsp3) is 0.176. The number of anilines is 1. The molecule has 4 rings (SSSR count). The number of para-hydroxylation sites is 1. The van der Waals surface area contributed by atoms with Gasteiger partial charge in [-0.2, -0.15) is 0 Å². The zero-order valence-corrected chi connectivity index (χ0v) is 14.8. The van der Waals surface area contributed by atoms with Crippen LogP contribution in [0.4, 0.5) is 5.82 Å². The van der Waals surface area contributed by atoms with Crippen molar-refractivity contribution < 1.29 is 13.7 Å². The first-order valence-corrected chi connectivity index (χ1v) is 8.79. The summed E-state index contributed by atoms with van der Waals surface area (Å²) in [7, 11) is 0. The van der Waals surface area contributed by atoms with Crippen molar-refractivity contribution in [3.8, 4) is 11.5 Å². The van der Waals surface area contributed by atoms with Crippen molar-refractivity contribution in [1.29, 1.82) is 0 Å². The first kappa shape index (κ1) is 16.4. The Labute approximate surface area is 152 Å². The molecule has 0 fully saturated rings. The minimum absolute atomic E-state index is 0.227. The monoisotopic (exact) mass is 369 g/mol. The van der Waals surface area contributed by atoms with E-state index in [4.69, 9.17) is 8.94 Å². The van der Waals surface area contributed by atoms with Gasteiger partial charge in [-0.25, -0.2) is 0 Å². The highest BCUT2D eigenvalue weighted by Crippen LogP contribution is 2.30. The Morgan fingerprint density at radius 3 is 2.96 bits per heavy atom. The molecule has 0 spiro atoms. The number of aromatic nitrogens is 4. The van der Waals surface area contributed by atoms with Crippen molar-refractivity contribution in [2.24, 2.45) is 0 Å². The zero-order chi connectivity index (χ0) is 18.1. The number of nitrogens with one attached hydrogen (secondary N) is 2. The summed E-state index contributed by atoms with van der Waals surface area (Å²) in [5.41, 5.74) is 1.82. The van der Waals surface area contributed by atoms with E-state index in [1.165, 1.54) is 11.8 Å². The molecule has 4 aromatic rings. The maximum absolute atomic E-state index is 12.2. The molecular weight excluding hydrogens is 354 g/mol. The van der Waals surface area contributed by atoms with E-state index in [1.54, 1.807) is 19.9 Å². The van der Waals surface area contributed by atoms with E-state index >= 15 is 0 Å². The molecule has 3 heterocycles. The molecule has 26 heavy (non-hydrogen) atoms.